The summed E-state index contributed by atoms with van der Waals surface area (Å²) in [5.74, 6) is 6.09. The Morgan fingerprint density at radius 1 is 1.40 bits per heavy atom. The molecular weight excluding hydrogens is 184 g/mol. The molecule has 0 saturated heterocycles. The number of hydrogen-bond acceptors (Lipinski definition) is 2. The summed E-state index contributed by atoms with van der Waals surface area (Å²) >= 11 is 0. The molecule has 1 aromatic rings. The normalized spacial score (nSPS) is 14.9. The first-order chi connectivity index (χ1) is 7.42. The monoisotopic (exact) mass is 200 g/mol. The highest BCUT2D eigenvalue weighted by atomic mass is 15.2. The molecule has 0 aliphatic carbocycles. The molecule has 78 valence electrons. The third-order valence-electron chi connectivity index (χ3n) is 2.65. The molecule has 1 aliphatic rings. The van der Waals surface area contributed by atoms with E-state index in [1.807, 2.05) is 6.92 Å². The van der Waals surface area contributed by atoms with E-state index in [9.17, 15) is 0 Å². The highest BCUT2D eigenvalue weighted by Gasteiger charge is 2.12. The smallest absolute Gasteiger partial charge is 0.0794 e. The summed E-state index contributed by atoms with van der Waals surface area (Å²) < 4.78 is 0. The molecule has 1 N–H and O–H groups in total. The second-order valence-electron chi connectivity index (χ2n) is 3.65. The first kappa shape index (κ1) is 10.1. The molecule has 0 saturated carbocycles. The summed E-state index contributed by atoms with van der Waals surface area (Å²) in [5, 5.41) is 3.42. The third-order valence-corrected chi connectivity index (χ3v) is 2.65. The van der Waals surface area contributed by atoms with E-state index in [4.69, 9.17) is 0 Å². The number of nitrogens with zero attached hydrogens (tertiary/aromatic N) is 1. The van der Waals surface area contributed by atoms with Crippen molar-refractivity contribution in [3.8, 4) is 11.8 Å². The third kappa shape index (κ3) is 2.31. The van der Waals surface area contributed by atoms with Gasteiger partial charge in [0.15, 0.2) is 0 Å². The van der Waals surface area contributed by atoms with Crippen LogP contribution in [0.15, 0.2) is 24.3 Å². The molecule has 15 heavy (non-hydrogen) atoms. The van der Waals surface area contributed by atoms with Crippen molar-refractivity contribution in [1.29, 1.82) is 0 Å². The Morgan fingerprint density at radius 3 is 3.13 bits per heavy atom. The van der Waals surface area contributed by atoms with Gasteiger partial charge in [0.2, 0.25) is 0 Å². The highest BCUT2D eigenvalue weighted by Crippen LogP contribution is 2.21. The average Bonchev–Trinajstić information content (AvgIpc) is 2.49. The van der Waals surface area contributed by atoms with Crippen LogP contribution in [0.2, 0.25) is 0 Å². The van der Waals surface area contributed by atoms with Gasteiger partial charge in [-0.1, -0.05) is 24.1 Å². The van der Waals surface area contributed by atoms with E-state index in [0.717, 1.165) is 26.2 Å². The second-order valence-corrected chi connectivity index (χ2v) is 3.65. The number of hydrogen-bond donors (Lipinski definition) is 1. The van der Waals surface area contributed by atoms with Crippen molar-refractivity contribution in [3.63, 3.8) is 0 Å². The molecule has 1 heterocycles. The minimum Gasteiger partial charge on any atom is -0.359 e. The first-order valence-corrected chi connectivity index (χ1v) is 5.35. The van der Waals surface area contributed by atoms with Crippen LogP contribution in [0, 0.1) is 11.8 Å². The maximum absolute atomic E-state index is 3.42. The highest BCUT2D eigenvalue weighted by molar-refractivity contribution is 5.55. The van der Waals surface area contributed by atoms with Gasteiger partial charge in [0, 0.05) is 25.3 Å². The SMILES string of the molecule is CC#CCN1CCNCc2ccccc21. The van der Waals surface area contributed by atoms with Crippen molar-refractivity contribution >= 4 is 5.69 Å². The van der Waals surface area contributed by atoms with Crippen LogP contribution < -0.4 is 10.2 Å². The molecule has 0 atom stereocenters. The molecule has 0 unspecified atom stereocenters. The van der Waals surface area contributed by atoms with Crippen molar-refractivity contribution < 1.29 is 0 Å². The van der Waals surface area contributed by atoms with Gasteiger partial charge in [-0.3, -0.25) is 0 Å². The number of nitrogens with one attached hydrogen (secondary N) is 1. The molecule has 1 aromatic carbocycles. The summed E-state index contributed by atoms with van der Waals surface area (Å²) in [6.45, 7) is 5.75. The Labute approximate surface area is 91.3 Å². The van der Waals surface area contributed by atoms with E-state index < -0.39 is 0 Å². The summed E-state index contributed by atoms with van der Waals surface area (Å²) in [6, 6.07) is 8.55. The maximum Gasteiger partial charge on any atom is 0.0794 e. The number of benzene rings is 1. The lowest BCUT2D eigenvalue weighted by molar-refractivity contribution is 0.701. The van der Waals surface area contributed by atoms with Crippen molar-refractivity contribution in [1.82, 2.24) is 5.32 Å². The van der Waals surface area contributed by atoms with Crippen LogP contribution in [0.1, 0.15) is 12.5 Å². The zero-order chi connectivity index (χ0) is 10.5. The minimum absolute atomic E-state index is 0.829. The Bertz CT molecular complexity index is 387. The minimum atomic E-state index is 0.829. The molecule has 0 bridgehead atoms. The topological polar surface area (TPSA) is 15.3 Å². The molecule has 2 heteroatoms. The summed E-state index contributed by atoms with van der Waals surface area (Å²) in [7, 11) is 0. The van der Waals surface area contributed by atoms with Gasteiger partial charge in [-0.25, -0.2) is 0 Å². The van der Waals surface area contributed by atoms with Crippen molar-refractivity contribution in [2.24, 2.45) is 0 Å². The fourth-order valence-electron chi connectivity index (χ4n) is 1.87. The summed E-state index contributed by atoms with van der Waals surface area (Å²) in [5.41, 5.74) is 2.69. The van der Waals surface area contributed by atoms with E-state index >= 15 is 0 Å². The van der Waals surface area contributed by atoms with Gasteiger partial charge < -0.3 is 10.2 Å². The number of fused-ring (bicyclic) bond motifs is 1. The average molecular weight is 200 g/mol. The molecule has 0 aromatic heterocycles. The van der Waals surface area contributed by atoms with Crippen LogP contribution >= 0.6 is 0 Å². The van der Waals surface area contributed by atoms with Gasteiger partial charge in [-0.15, -0.1) is 5.92 Å². The Hall–Kier alpha value is -1.46. The Balaban J connectivity index is 2.27. The molecular formula is C13H16N2. The predicted molar refractivity (Wildman–Crippen MR) is 63.8 cm³/mol. The van der Waals surface area contributed by atoms with E-state index in [0.29, 0.717) is 0 Å². The number of rotatable bonds is 1. The molecule has 2 nitrogen and oxygen atoms in total. The Kier molecular flexibility index (Phi) is 3.26. The van der Waals surface area contributed by atoms with Crippen LogP contribution in [-0.4, -0.2) is 19.6 Å². The van der Waals surface area contributed by atoms with Crippen LogP contribution in [-0.2, 0) is 6.54 Å². The van der Waals surface area contributed by atoms with Crippen LogP contribution in [0.4, 0.5) is 5.69 Å². The summed E-state index contributed by atoms with van der Waals surface area (Å²) in [6.07, 6.45) is 0. The lowest BCUT2D eigenvalue weighted by Gasteiger charge is -2.21. The maximum atomic E-state index is 3.42. The van der Waals surface area contributed by atoms with Crippen LogP contribution in [0.25, 0.3) is 0 Å². The zero-order valence-electron chi connectivity index (χ0n) is 9.09. The molecule has 0 fully saturated rings. The van der Waals surface area contributed by atoms with Crippen molar-refractivity contribution in [3.05, 3.63) is 29.8 Å². The van der Waals surface area contributed by atoms with E-state index in [1.54, 1.807) is 0 Å². The Morgan fingerprint density at radius 2 is 2.27 bits per heavy atom. The lowest BCUT2D eigenvalue weighted by atomic mass is 10.1. The van der Waals surface area contributed by atoms with E-state index in [-0.39, 0.29) is 0 Å². The lowest BCUT2D eigenvalue weighted by Crippen LogP contribution is -2.28. The van der Waals surface area contributed by atoms with Gasteiger partial charge in [-0.05, 0) is 18.6 Å². The number of para-hydroxylation sites is 1. The first-order valence-electron chi connectivity index (χ1n) is 5.35. The largest absolute Gasteiger partial charge is 0.359 e. The van der Waals surface area contributed by atoms with Gasteiger partial charge in [0.25, 0.3) is 0 Å². The quantitative estimate of drug-likeness (QED) is 0.693. The molecule has 0 radical (unpaired) electrons. The van der Waals surface area contributed by atoms with Gasteiger partial charge >= 0.3 is 0 Å². The van der Waals surface area contributed by atoms with E-state index in [1.165, 1.54) is 11.3 Å². The second kappa shape index (κ2) is 4.86. The molecule has 1 aliphatic heterocycles. The number of anilines is 1. The van der Waals surface area contributed by atoms with Crippen molar-refractivity contribution in [2.75, 3.05) is 24.5 Å². The fraction of sp³-hybridized carbons (Fsp3) is 0.385. The van der Waals surface area contributed by atoms with Gasteiger partial charge in [-0.2, -0.15) is 0 Å². The zero-order valence-corrected chi connectivity index (χ0v) is 9.09. The van der Waals surface area contributed by atoms with Crippen LogP contribution in [0.5, 0.6) is 0 Å². The predicted octanol–water partition coefficient (Wildman–Crippen LogP) is 1.62. The van der Waals surface area contributed by atoms with Crippen LogP contribution in [0.3, 0.4) is 0 Å². The van der Waals surface area contributed by atoms with Crippen molar-refractivity contribution in [2.45, 2.75) is 13.5 Å². The molecule has 2 rings (SSSR count). The van der Waals surface area contributed by atoms with E-state index in [2.05, 4.69) is 46.3 Å². The summed E-state index contributed by atoms with van der Waals surface area (Å²) in [4.78, 5) is 2.34. The fourth-order valence-corrected chi connectivity index (χ4v) is 1.87. The molecule has 0 spiro atoms. The van der Waals surface area contributed by atoms with Gasteiger partial charge in [0.05, 0.1) is 6.54 Å². The molecule has 0 amide bonds. The standard InChI is InChI=1S/C13H16N2/c1-2-3-9-15-10-8-14-11-12-6-4-5-7-13(12)15/h4-7,14H,8-11H2,1H3. The van der Waals surface area contributed by atoms with Gasteiger partial charge in [0.1, 0.15) is 0 Å².